The van der Waals surface area contributed by atoms with Crippen molar-refractivity contribution in [3.8, 4) is 0 Å². The first-order valence-corrected chi connectivity index (χ1v) is 4.55. The minimum Gasteiger partial charge on any atom is -0.344 e. The Kier molecular flexibility index (Phi) is 2.77. The van der Waals surface area contributed by atoms with Crippen molar-refractivity contribution in [2.24, 2.45) is 0 Å². The van der Waals surface area contributed by atoms with Crippen LogP contribution >= 0.6 is 0 Å². The summed E-state index contributed by atoms with van der Waals surface area (Å²) >= 11 is 0. The van der Waals surface area contributed by atoms with Crippen molar-refractivity contribution in [1.82, 2.24) is 5.06 Å². The number of carbonyl (C=O) groups is 1. The van der Waals surface area contributed by atoms with Crippen LogP contribution in [-0.4, -0.2) is 43.6 Å². The van der Waals surface area contributed by atoms with Gasteiger partial charge in [-0.05, 0) is 12.8 Å². The van der Waals surface area contributed by atoms with Crippen LogP contribution in [0.3, 0.4) is 0 Å². The van der Waals surface area contributed by atoms with Crippen LogP contribution in [0, 0.1) is 0 Å². The normalized spacial score (nSPS) is 25.1. The molecular formula is C8H13NO4. The first-order chi connectivity index (χ1) is 6.38. The third-order valence-electron chi connectivity index (χ3n) is 2.03. The maximum absolute atomic E-state index is 11.6. The topological polar surface area (TPSA) is 48.0 Å². The second-order valence-corrected chi connectivity index (χ2v) is 3.05. The molecule has 0 N–H and O–H groups in total. The smallest absolute Gasteiger partial charge is 0.303 e. The van der Waals surface area contributed by atoms with Crippen LogP contribution in [0.15, 0.2) is 0 Å². The van der Waals surface area contributed by atoms with Crippen molar-refractivity contribution >= 4 is 5.91 Å². The van der Waals surface area contributed by atoms with Crippen molar-refractivity contribution < 1.29 is 19.1 Å². The van der Waals surface area contributed by atoms with Gasteiger partial charge in [0.1, 0.15) is 0 Å². The fraction of sp³-hybridized carbons (Fsp3) is 0.875. The van der Waals surface area contributed by atoms with Gasteiger partial charge in [0.05, 0.1) is 26.4 Å². The molecule has 0 bridgehead atoms. The lowest BCUT2D eigenvalue weighted by molar-refractivity contribution is -0.223. The second kappa shape index (κ2) is 4.04. The molecule has 2 fully saturated rings. The molecule has 13 heavy (non-hydrogen) atoms. The molecule has 0 unspecified atom stereocenters. The maximum Gasteiger partial charge on any atom is 0.303 e. The predicted octanol–water partition coefficient (Wildman–Crippen LogP) is -0.0867. The quantitative estimate of drug-likeness (QED) is 0.575. The zero-order valence-corrected chi connectivity index (χ0v) is 7.40. The molecule has 2 saturated heterocycles. The first-order valence-electron chi connectivity index (χ1n) is 4.55. The van der Waals surface area contributed by atoms with Crippen LogP contribution in [0.5, 0.6) is 0 Å². The number of rotatable bonds is 1. The molecule has 5 heteroatoms. The van der Waals surface area contributed by atoms with E-state index in [9.17, 15) is 4.79 Å². The highest BCUT2D eigenvalue weighted by Gasteiger charge is 2.30. The Morgan fingerprint density at radius 1 is 1.15 bits per heavy atom. The van der Waals surface area contributed by atoms with Crippen LogP contribution < -0.4 is 0 Å². The summed E-state index contributed by atoms with van der Waals surface area (Å²) < 4.78 is 10.3. The van der Waals surface area contributed by atoms with Gasteiger partial charge in [0.2, 0.25) is 6.29 Å². The molecule has 0 aromatic carbocycles. The van der Waals surface area contributed by atoms with Gasteiger partial charge < -0.3 is 9.47 Å². The number of hydrogen-bond acceptors (Lipinski definition) is 4. The lowest BCUT2D eigenvalue weighted by Gasteiger charge is -2.25. The molecule has 0 atom stereocenters. The van der Waals surface area contributed by atoms with Gasteiger partial charge in [-0.15, -0.1) is 0 Å². The summed E-state index contributed by atoms with van der Waals surface area (Å²) in [6.45, 7) is 2.43. The number of hydrogen-bond donors (Lipinski definition) is 0. The highest BCUT2D eigenvalue weighted by molar-refractivity contribution is 5.78. The van der Waals surface area contributed by atoms with E-state index in [4.69, 9.17) is 14.3 Å². The van der Waals surface area contributed by atoms with E-state index in [2.05, 4.69) is 0 Å². The van der Waals surface area contributed by atoms with E-state index in [-0.39, 0.29) is 5.91 Å². The van der Waals surface area contributed by atoms with Gasteiger partial charge in [-0.2, -0.15) is 0 Å². The zero-order valence-electron chi connectivity index (χ0n) is 7.40. The summed E-state index contributed by atoms with van der Waals surface area (Å²) in [6.07, 6.45) is 0.996. The fourth-order valence-corrected chi connectivity index (χ4v) is 1.37. The molecule has 2 heterocycles. The Labute approximate surface area is 76.5 Å². The number of amides is 1. The Bertz CT molecular complexity index is 185. The van der Waals surface area contributed by atoms with E-state index in [0.717, 1.165) is 12.8 Å². The van der Waals surface area contributed by atoms with E-state index in [1.54, 1.807) is 0 Å². The largest absolute Gasteiger partial charge is 0.344 e. The van der Waals surface area contributed by atoms with Gasteiger partial charge in [0.15, 0.2) is 0 Å². The second-order valence-electron chi connectivity index (χ2n) is 3.05. The van der Waals surface area contributed by atoms with Gasteiger partial charge in [-0.3, -0.25) is 9.63 Å². The molecule has 74 valence electrons. The van der Waals surface area contributed by atoms with E-state index in [0.29, 0.717) is 26.4 Å². The van der Waals surface area contributed by atoms with Crippen LogP contribution in [0.1, 0.15) is 12.8 Å². The van der Waals surface area contributed by atoms with Gasteiger partial charge in [0.25, 0.3) is 0 Å². The lowest BCUT2D eigenvalue weighted by Crippen LogP contribution is -2.42. The summed E-state index contributed by atoms with van der Waals surface area (Å²) in [6, 6.07) is 0. The highest BCUT2D eigenvalue weighted by Crippen LogP contribution is 2.12. The molecule has 5 nitrogen and oxygen atoms in total. The van der Waals surface area contributed by atoms with Crippen molar-refractivity contribution in [2.75, 3.05) is 26.4 Å². The van der Waals surface area contributed by atoms with Crippen molar-refractivity contribution in [3.63, 3.8) is 0 Å². The molecule has 0 aromatic rings. The Hall–Kier alpha value is -0.650. The predicted molar refractivity (Wildman–Crippen MR) is 42.6 cm³/mol. The van der Waals surface area contributed by atoms with Gasteiger partial charge >= 0.3 is 5.91 Å². The molecule has 1 amide bonds. The monoisotopic (exact) mass is 187 g/mol. The molecule has 0 radical (unpaired) electrons. The molecule has 0 spiro atoms. The molecule has 0 saturated carbocycles. The number of ether oxygens (including phenoxy) is 2. The summed E-state index contributed by atoms with van der Waals surface area (Å²) in [4.78, 5) is 16.6. The average Bonchev–Trinajstić information content (AvgIpc) is 2.71. The van der Waals surface area contributed by atoms with Crippen molar-refractivity contribution in [1.29, 1.82) is 0 Å². The Balaban J connectivity index is 1.87. The molecule has 2 aliphatic rings. The Morgan fingerprint density at radius 2 is 1.92 bits per heavy atom. The molecule has 2 aliphatic heterocycles. The summed E-state index contributed by atoms with van der Waals surface area (Å²) in [5.41, 5.74) is 0. The maximum atomic E-state index is 11.6. The molecular weight excluding hydrogens is 174 g/mol. The Morgan fingerprint density at radius 3 is 2.54 bits per heavy atom. The molecule has 0 aromatic heterocycles. The summed E-state index contributed by atoms with van der Waals surface area (Å²) in [7, 11) is 0. The highest BCUT2D eigenvalue weighted by atomic mass is 16.7. The fourth-order valence-electron chi connectivity index (χ4n) is 1.37. The van der Waals surface area contributed by atoms with Crippen molar-refractivity contribution in [3.05, 3.63) is 0 Å². The molecule has 2 rings (SSSR count). The summed E-state index contributed by atoms with van der Waals surface area (Å²) in [5.74, 6) is -0.211. The summed E-state index contributed by atoms with van der Waals surface area (Å²) in [5, 5.41) is 1.33. The zero-order chi connectivity index (χ0) is 9.10. The average molecular weight is 187 g/mol. The lowest BCUT2D eigenvalue weighted by atomic mass is 10.4. The SMILES string of the molecule is O=C(C1OCCCO1)N1CCCO1. The first kappa shape index (κ1) is 8.93. The van der Waals surface area contributed by atoms with E-state index in [1.807, 2.05) is 0 Å². The van der Waals surface area contributed by atoms with Gasteiger partial charge in [-0.1, -0.05) is 0 Å². The van der Waals surface area contributed by atoms with E-state index >= 15 is 0 Å². The third-order valence-corrected chi connectivity index (χ3v) is 2.03. The standard InChI is InChI=1S/C8H13NO4/c10-7(9-3-1-6-13-9)8-11-4-2-5-12-8/h8H,1-6H2. The minimum atomic E-state index is -0.744. The van der Waals surface area contributed by atoms with Crippen LogP contribution in [0.4, 0.5) is 0 Å². The van der Waals surface area contributed by atoms with Crippen LogP contribution in [0.2, 0.25) is 0 Å². The minimum absolute atomic E-state index is 0.211. The number of hydroxylamine groups is 2. The number of nitrogens with zero attached hydrogens (tertiary/aromatic N) is 1. The number of carbonyl (C=O) groups excluding carboxylic acids is 1. The van der Waals surface area contributed by atoms with E-state index < -0.39 is 6.29 Å². The van der Waals surface area contributed by atoms with Gasteiger partial charge in [-0.25, -0.2) is 5.06 Å². The van der Waals surface area contributed by atoms with Gasteiger partial charge in [0, 0.05) is 0 Å². The van der Waals surface area contributed by atoms with Crippen molar-refractivity contribution in [2.45, 2.75) is 19.1 Å². The molecule has 0 aliphatic carbocycles. The van der Waals surface area contributed by atoms with Crippen LogP contribution in [-0.2, 0) is 19.1 Å². The third kappa shape index (κ3) is 1.99. The van der Waals surface area contributed by atoms with Crippen LogP contribution in [0.25, 0.3) is 0 Å². The van der Waals surface area contributed by atoms with E-state index in [1.165, 1.54) is 5.06 Å².